The van der Waals surface area contributed by atoms with Crippen LogP contribution in [0.3, 0.4) is 0 Å². The molecule has 0 aliphatic heterocycles. The molecule has 1 N–H and O–H groups in total. The second-order valence-electron chi connectivity index (χ2n) is 5.09. The lowest BCUT2D eigenvalue weighted by atomic mass is 10.1. The van der Waals surface area contributed by atoms with Gasteiger partial charge in [0.1, 0.15) is 4.21 Å². The van der Waals surface area contributed by atoms with Gasteiger partial charge in [-0.3, -0.25) is 0 Å². The van der Waals surface area contributed by atoms with Crippen LogP contribution in [0.1, 0.15) is 12.0 Å². The highest BCUT2D eigenvalue weighted by Gasteiger charge is 2.18. The predicted octanol–water partition coefficient (Wildman–Crippen LogP) is 3.23. The second-order valence-corrected chi connectivity index (χ2v) is 7.98. The van der Waals surface area contributed by atoms with Crippen molar-refractivity contribution in [3.05, 3.63) is 71.6 Å². The predicted molar refractivity (Wildman–Crippen MR) is 99.7 cm³/mol. The van der Waals surface area contributed by atoms with Crippen LogP contribution < -0.4 is 4.72 Å². The number of benzene rings is 1. The fourth-order valence-electron chi connectivity index (χ4n) is 2.01. The minimum atomic E-state index is -3.61. The van der Waals surface area contributed by atoms with Crippen molar-refractivity contribution >= 4 is 33.4 Å². The van der Waals surface area contributed by atoms with Crippen molar-refractivity contribution in [2.24, 2.45) is 0 Å². The Morgan fingerprint density at radius 1 is 1.24 bits per heavy atom. The standard InChI is InChI=1S/C18H19NO4S2/c1-23-17(20)10-5-9-16(13-12-15-7-3-2-4-8-15)19-25(21,22)18-11-6-14-24-18/h2-8,10-14,16,19H,9H2,1H3/b10-5+,13-12+/t16-/m1/s1. The van der Waals surface area contributed by atoms with E-state index in [-0.39, 0.29) is 4.21 Å². The number of nitrogens with one attached hydrogen (secondary N) is 1. The number of hydrogen-bond donors (Lipinski definition) is 1. The van der Waals surface area contributed by atoms with Crippen molar-refractivity contribution in [1.82, 2.24) is 4.72 Å². The summed E-state index contributed by atoms with van der Waals surface area (Å²) in [5.74, 6) is -0.480. The number of carbonyl (C=O) groups is 1. The lowest BCUT2D eigenvalue weighted by molar-refractivity contribution is -0.134. The zero-order chi connectivity index (χ0) is 18.1. The quantitative estimate of drug-likeness (QED) is 0.566. The first-order chi connectivity index (χ1) is 12.0. The fourth-order valence-corrected chi connectivity index (χ4v) is 4.22. The summed E-state index contributed by atoms with van der Waals surface area (Å²) >= 11 is 1.15. The smallest absolute Gasteiger partial charge is 0.330 e. The van der Waals surface area contributed by atoms with E-state index >= 15 is 0 Å². The van der Waals surface area contributed by atoms with Gasteiger partial charge in [-0.25, -0.2) is 17.9 Å². The molecule has 0 unspecified atom stereocenters. The molecule has 5 nitrogen and oxygen atoms in total. The molecule has 0 saturated carbocycles. The van der Waals surface area contributed by atoms with E-state index in [9.17, 15) is 13.2 Å². The van der Waals surface area contributed by atoms with Crippen molar-refractivity contribution < 1.29 is 17.9 Å². The highest BCUT2D eigenvalue weighted by molar-refractivity contribution is 7.91. The van der Waals surface area contributed by atoms with E-state index in [1.54, 1.807) is 29.7 Å². The van der Waals surface area contributed by atoms with Gasteiger partial charge in [0.15, 0.2) is 0 Å². The molecule has 132 valence electrons. The Bertz CT molecular complexity index is 825. The van der Waals surface area contributed by atoms with Crippen LogP contribution in [0.2, 0.25) is 0 Å². The van der Waals surface area contributed by atoms with E-state index < -0.39 is 22.0 Å². The van der Waals surface area contributed by atoms with Gasteiger partial charge in [0, 0.05) is 12.1 Å². The molecule has 0 spiro atoms. The number of carbonyl (C=O) groups excluding carboxylic acids is 1. The lowest BCUT2D eigenvalue weighted by Crippen LogP contribution is -2.32. The molecule has 2 aromatic rings. The van der Waals surface area contributed by atoms with Crippen LogP contribution in [0.25, 0.3) is 6.08 Å². The van der Waals surface area contributed by atoms with Crippen molar-refractivity contribution in [2.45, 2.75) is 16.7 Å². The molecule has 1 aromatic heterocycles. The number of ether oxygens (including phenoxy) is 1. The Balaban J connectivity index is 2.15. The Morgan fingerprint density at radius 2 is 2.00 bits per heavy atom. The summed E-state index contributed by atoms with van der Waals surface area (Å²) in [6.45, 7) is 0. The number of rotatable bonds is 8. The minimum absolute atomic E-state index is 0.252. The molecule has 1 aromatic carbocycles. The molecule has 0 aliphatic carbocycles. The van der Waals surface area contributed by atoms with Gasteiger partial charge in [0.25, 0.3) is 10.0 Å². The molecule has 7 heteroatoms. The van der Waals surface area contributed by atoms with Crippen molar-refractivity contribution in [3.8, 4) is 0 Å². The number of hydrogen-bond acceptors (Lipinski definition) is 5. The van der Waals surface area contributed by atoms with Crippen molar-refractivity contribution in [2.75, 3.05) is 7.11 Å². The molecule has 0 fully saturated rings. The highest BCUT2D eigenvalue weighted by atomic mass is 32.2. The maximum Gasteiger partial charge on any atom is 0.330 e. The SMILES string of the molecule is COC(=O)/C=C/C[C@H](/C=C/c1ccccc1)NS(=O)(=O)c1cccs1. The Hall–Kier alpha value is -2.22. The molecular formula is C18H19NO4S2. The molecule has 25 heavy (non-hydrogen) atoms. The highest BCUT2D eigenvalue weighted by Crippen LogP contribution is 2.17. The third-order valence-electron chi connectivity index (χ3n) is 3.23. The summed E-state index contributed by atoms with van der Waals surface area (Å²) < 4.78 is 32.3. The van der Waals surface area contributed by atoms with E-state index in [0.717, 1.165) is 16.9 Å². The van der Waals surface area contributed by atoms with Gasteiger partial charge in [-0.15, -0.1) is 11.3 Å². The third kappa shape index (κ3) is 6.30. The van der Waals surface area contributed by atoms with Crippen LogP contribution in [0.4, 0.5) is 0 Å². The average molecular weight is 377 g/mol. The largest absolute Gasteiger partial charge is 0.466 e. The zero-order valence-electron chi connectivity index (χ0n) is 13.7. The van der Waals surface area contributed by atoms with E-state index in [1.165, 1.54) is 13.2 Å². The first kappa shape index (κ1) is 19.1. The summed E-state index contributed by atoms with van der Waals surface area (Å²) in [6, 6.07) is 12.3. The Morgan fingerprint density at radius 3 is 2.64 bits per heavy atom. The van der Waals surface area contributed by atoms with Crippen LogP contribution in [0, 0.1) is 0 Å². The van der Waals surface area contributed by atoms with Crippen molar-refractivity contribution in [3.63, 3.8) is 0 Å². The van der Waals surface area contributed by atoms with Gasteiger partial charge in [0.05, 0.1) is 7.11 Å². The second kappa shape index (κ2) is 9.31. The van der Waals surface area contributed by atoms with Crippen LogP contribution in [-0.4, -0.2) is 27.5 Å². The summed E-state index contributed by atoms with van der Waals surface area (Å²) in [5.41, 5.74) is 0.958. The maximum absolute atomic E-state index is 12.4. The van der Waals surface area contributed by atoms with Gasteiger partial charge in [0.2, 0.25) is 0 Å². The van der Waals surface area contributed by atoms with E-state index in [1.807, 2.05) is 36.4 Å². The lowest BCUT2D eigenvalue weighted by Gasteiger charge is -2.13. The normalized spacial score (nSPS) is 13.3. The van der Waals surface area contributed by atoms with Crippen LogP contribution in [-0.2, 0) is 19.6 Å². The van der Waals surface area contributed by atoms with Crippen LogP contribution in [0.5, 0.6) is 0 Å². The number of methoxy groups -OCH3 is 1. The molecule has 2 rings (SSSR count). The minimum Gasteiger partial charge on any atom is -0.466 e. The van der Waals surface area contributed by atoms with Gasteiger partial charge < -0.3 is 4.74 Å². The monoisotopic (exact) mass is 377 g/mol. The first-order valence-electron chi connectivity index (χ1n) is 7.55. The molecular weight excluding hydrogens is 358 g/mol. The zero-order valence-corrected chi connectivity index (χ0v) is 15.3. The van der Waals surface area contributed by atoms with Gasteiger partial charge in [-0.05, 0) is 23.4 Å². The van der Waals surface area contributed by atoms with Crippen LogP contribution in [0.15, 0.2) is 70.3 Å². The average Bonchev–Trinajstić information content (AvgIpc) is 3.15. The van der Waals surface area contributed by atoms with Gasteiger partial charge >= 0.3 is 5.97 Å². The summed E-state index contributed by atoms with van der Waals surface area (Å²) in [5, 5.41) is 1.71. The molecule has 1 heterocycles. The topological polar surface area (TPSA) is 72.5 Å². The number of thiophene rings is 1. The molecule has 1 atom stereocenters. The first-order valence-corrected chi connectivity index (χ1v) is 9.91. The third-order valence-corrected chi connectivity index (χ3v) is 6.12. The van der Waals surface area contributed by atoms with Gasteiger partial charge in [-0.1, -0.05) is 54.6 Å². The molecule has 0 bridgehead atoms. The molecule has 0 radical (unpaired) electrons. The van der Waals surface area contributed by atoms with E-state index in [0.29, 0.717) is 6.42 Å². The molecule has 0 aliphatic rings. The number of sulfonamides is 1. The summed E-state index contributed by atoms with van der Waals surface area (Å²) in [4.78, 5) is 11.2. The van der Waals surface area contributed by atoms with E-state index in [4.69, 9.17) is 0 Å². The maximum atomic E-state index is 12.4. The molecule has 0 amide bonds. The number of esters is 1. The Kier molecular flexibility index (Phi) is 7.12. The summed E-state index contributed by atoms with van der Waals surface area (Å²) in [6.07, 6.45) is 6.80. The fraction of sp³-hybridized carbons (Fsp3) is 0.167. The van der Waals surface area contributed by atoms with Crippen molar-refractivity contribution in [1.29, 1.82) is 0 Å². The Labute approximate surface area is 151 Å². The summed E-state index contributed by atoms with van der Waals surface area (Å²) in [7, 11) is -2.32. The van der Waals surface area contributed by atoms with Gasteiger partial charge in [-0.2, -0.15) is 0 Å². The van der Waals surface area contributed by atoms with E-state index in [2.05, 4.69) is 9.46 Å². The van der Waals surface area contributed by atoms with Crippen LogP contribution >= 0.6 is 11.3 Å². The molecule has 0 saturated heterocycles.